The van der Waals surface area contributed by atoms with Gasteiger partial charge >= 0.3 is 11.9 Å². The van der Waals surface area contributed by atoms with Crippen LogP contribution in [0.3, 0.4) is 0 Å². The molecular formula is C10H17NO6. The molecule has 3 atom stereocenters. The third-order valence-corrected chi connectivity index (χ3v) is 2.19. The van der Waals surface area contributed by atoms with Gasteiger partial charge in [-0.2, -0.15) is 0 Å². The summed E-state index contributed by atoms with van der Waals surface area (Å²) in [6, 6.07) is -1.39. The molecule has 0 bridgehead atoms. The molecule has 0 aromatic rings. The molecule has 98 valence electrons. The predicted octanol–water partition coefficient (Wildman–Crippen LogP) is -0.864. The molecule has 17 heavy (non-hydrogen) atoms. The summed E-state index contributed by atoms with van der Waals surface area (Å²) in [6.45, 7) is 2.72. The lowest BCUT2D eigenvalue weighted by Gasteiger charge is -2.19. The van der Waals surface area contributed by atoms with Gasteiger partial charge < -0.3 is 20.3 Å². The normalized spacial score (nSPS) is 15.5. The Morgan fingerprint density at radius 2 is 1.82 bits per heavy atom. The molecule has 0 aliphatic rings. The Morgan fingerprint density at radius 1 is 1.29 bits per heavy atom. The second-order valence-corrected chi connectivity index (χ2v) is 3.75. The number of amides is 1. The molecule has 0 heterocycles. The van der Waals surface area contributed by atoms with E-state index in [-0.39, 0.29) is 6.42 Å². The summed E-state index contributed by atoms with van der Waals surface area (Å²) in [5, 5.41) is 20.0. The van der Waals surface area contributed by atoms with Crippen molar-refractivity contribution in [3.8, 4) is 0 Å². The van der Waals surface area contributed by atoms with Gasteiger partial charge in [-0.15, -0.1) is 0 Å². The first-order chi connectivity index (χ1) is 7.79. The van der Waals surface area contributed by atoms with E-state index in [1.807, 2.05) is 0 Å². The van der Waals surface area contributed by atoms with Crippen molar-refractivity contribution in [3.63, 3.8) is 0 Å². The molecular weight excluding hydrogens is 230 g/mol. The fourth-order valence-corrected chi connectivity index (χ4v) is 1.11. The number of esters is 1. The van der Waals surface area contributed by atoms with Gasteiger partial charge in [0.05, 0.1) is 19.6 Å². The molecule has 1 unspecified atom stereocenters. The summed E-state index contributed by atoms with van der Waals surface area (Å²) in [5.41, 5.74) is 0. The molecule has 1 amide bonds. The number of nitrogens with one attached hydrogen (secondary N) is 1. The van der Waals surface area contributed by atoms with Crippen LogP contribution in [0.5, 0.6) is 0 Å². The highest BCUT2D eigenvalue weighted by Crippen LogP contribution is 2.05. The van der Waals surface area contributed by atoms with Crippen molar-refractivity contribution in [1.29, 1.82) is 0 Å². The summed E-state index contributed by atoms with van der Waals surface area (Å²) < 4.78 is 4.39. The standard InChI is InChI=1S/C10H17NO6/c1-5(4-7(13)17-3)9(14)11-8(6(2)12)10(15)16/h5-6,8,12H,4H2,1-3H3,(H,11,14)(H,15,16)/t5?,6-,8+/m1/s1. The number of methoxy groups -OCH3 is 1. The van der Waals surface area contributed by atoms with E-state index in [9.17, 15) is 14.4 Å². The van der Waals surface area contributed by atoms with E-state index in [2.05, 4.69) is 10.1 Å². The summed E-state index contributed by atoms with van der Waals surface area (Å²) in [4.78, 5) is 33.1. The number of hydrogen-bond donors (Lipinski definition) is 3. The van der Waals surface area contributed by atoms with Crippen LogP contribution in [0, 0.1) is 5.92 Å². The van der Waals surface area contributed by atoms with Crippen LogP contribution in [-0.2, 0) is 19.1 Å². The zero-order valence-corrected chi connectivity index (χ0v) is 9.97. The maximum atomic E-state index is 11.5. The first kappa shape index (κ1) is 15.4. The molecule has 0 aromatic heterocycles. The summed E-state index contributed by atoms with van der Waals surface area (Å²) in [5.74, 6) is -3.23. The molecule has 0 saturated heterocycles. The van der Waals surface area contributed by atoms with Crippen molar-refractivity contribution in [2.75, 3.05) is 7.11 Å². The average molecular weight is 247 g/mol. The predicted molar refractivity (Wildman–Crippen MR) is 57.0 cm³/mol. The minimum Gasteiger partial charge on any atom is -0.480 e. The van der Waals surface area contributed by atoms with Gasteiger partial charge in [-0.3, -0.25) is 9.59 Å². The maximum Gasteiger partial charge on any atom is 0.328 e. The van der Waals surface area contributed by atoms with E-state index in [1.54, 1.807) is 0 Å². The van der Waals surface area contributed by atoms with Gasteiger partial charge in [0.15, 0.2) is 6.04 Å². The van der Waals surface area contributed by atoms with E-state index < -0.39 is 35.9 Å². The fraction of sp³-hybridized carbons (Fsp3) is 0.700. The van der Waals surface area contributed by atoms with E-state index in [0.717, 1.165) is 0 Å². The number of carbonyl (C=O) groups is 3. The number of carbonyl (C=O) groups excluding carboxylic acids is 2. The van der Waals surface area contributed by atoms with Crippen LogP contribution in [0.15, 0.2) is 0 Å². The van der Waals surface area contributed by atoms with Crippen molar-refractivity contribution in [2.45, 2.75) is 32.4 Å². The van der Waals surface area contributed by atoms with Crippen LogP contribution in [0.2, 0.25) is 0 Å². The largest absolute Gasteiger partial charge is 0.480 e. The van der Waals surface area contributed by atoms with Gasteiger partial charge in [-0.1, -0.05) is 6.92 Å². The van der Waals surface area contributed by atoms with Crippen molar-refractivity contribution < 1.29 is 29.3 Å². The van der Waals surface area contributed by atoms with E-state index in [1.165, 1.54) is 21.0 Å². The summed E-state index contributed by atoms with van der Waals surface area (Å²) in [7, 11) is 1.20. The Bertz CT molecular complexity index is 301. The van der Waals surface area contributed by atoms with Crippen molar-refractivity contribution in [1.82, 2.24) is 5.32 Å². The molecule has 0 fully saturated rings. The topological polar surface area (TPSA) is 113 Å². The van der Waals surface area contributed by atoms with E-state index >= 15 is 0 Å². The molecule has 0 rings (SSSR count). The number of aliphatic hydroxyl groups excluding tert-OH is 1. The third kappa shape index (κ3) is 5.30. The van der Waals surface area contributed by atoms with Gasteiger partial charge in [-0.05, 0) is 6.92 Å². The highest BCUT2D eigenvalue weighted by atomic mass is 16.5. The second-order valence-electron chi connectivity index (χ2n) is 3.75. The number of aliphatic hydroxyl groups is 1. The Labute approximate surface area is 98.8 Å². The Kier molecular flexibility index (Phi) is 6.19. The van der Waals surface area contributed by atoms with Crippen molar-refractivity contribution >= 4 is 17.8 Å². The smallest absolute Gasteiger partial charge is 0.328 e. The zero-order chi connectivity index (χ0) is 13.6. The summed E-state index contributed by atoms with van der Waals surface area (Å²) in [6.07, 6.45) is -1.36. The third-order valence-electron chi connectivity index (χ3n) is 2.19. The number of aliphatic carboxylic acids is 1. The van der Waals surface area contributed by atoms with Gasteiger partial charge in [0.25, 0.3) is 0 Å². The monoisotopic (exact) mass is 247 g/mol. The molecule has 0 aliphatic carbocycles. The number of rotatable bonds is 6. The Hall–Kier alpha value is -1.63. The number of carboxylic acids is 1. The minimum atomic E-state index is -1.39. The van der Waals surface area contributed by atoms with Gasteiger partial charge in [-0.25, -0.2) is 4.79 Å². The van der Waals surface area contributed by atoms with Gasteiger partial charge in [0.1, 0.15) is 0 Å². The molecule has 7 heteroatoms. The van der Waals surface area contributed by atoms with Crippen LogP contribution < -0.4 is 5.32 Å². The lowest BCUT2D eigenvalue weighted by atomic mass is 10.1. The number of carboxylic acid groups (broad SMARTS) is 1. The highest BCUT2D eigenvalue weighted by Gasteiger charge is 2.27. The quantitative estimate of drug-likeness (QED) is 0.526. The van der Waals surface area contributed by atoms with Crippen LogP contribution in [0.25, 0.3) is 0 Å². The molecule has 0 radical (unpaired) electrons. The van der Waals surface area contributed by atoms with E-state index in [4.69, 9.17) is 10.2 Å². The molecule has 3 N–H and O–H groups in total. The fourth-order valence-electron chi connectivity index (χ4n) is 1.11. The molecule has 0 aromatic carbocycles. The number of hydrogen-bond acceptors (Lipinski definition) is 5. The van der Waals surface area contributed by atoms with Crippen molar-refractivity contribution in [3.05, 3.63) is 0 Å². The minimum absolute atomic E-state index is 0.144. The van der Waals surface area contributed by atoms with Crippen LogP contribution >= 0.6 is 0 Å². The summed E-state index contributed by atoms with van der Waals surface area (Å²) >= 11 is 0. The lowest BCUT2D eigenvalue weighted by Crippen LogP contribution is -2.49. The lowest BCUT2D eigenvalue weighted by molar-refractivity contribution is -0.146. The van der Waals surface area contributed by atoms with Crippen LogP contribution in [0.1, 0.15) is 20.3 Å². The number of ether oxygens (including phenoxy) is 1. The Morgan fingerprint density at radius 3 is 2.18 bits per heavy atom. The van der Waals surface area contributed by atoms with Crippen LogP contribution in [0.4, 0.5) is 0 Å². The first-order valence-corrected chi connectivity index (χ1v) is 5.07. The van der Waals surface area contributed by atoms with Gasteiger partial charge in [0, 0.05) is 5.92 Å². The van der Waals surface area contributed by atoms with E-state index in [0.29, 0.717) is 0 Å². The Balaban J connectivity index is 4.41. The van der Waals surface area contributed by atoms with Gasteiger partial charge in [0.2, 0.25) is 5.91 Å². The maximum absolute atomic E-state index is 11.5. The van der Waals surface area contributed by atoms with Crippen molar-refractivity contribution in [2.24, 2.45) is 5.92 Å². The van der Waals surface area contributed by atoms with Crippen LogP contribution in [-0.4, -0.2) is 47.3 Å². The average Bonchev–Trinajstić information content (AvgIpc) is 2.23. The SMILES string of the molecule is COC(=O)CC(C)C(=O)N[C@H](C(=O)O)[C@@H](C)O. The molecule has 7 nitrogen and oxygen atoms in total. The molecule has 0 aliphatic heterocycles. The molecule has 0 saturated carbocycles. The first-order valence-electron chi connectivity index (χ1n) is 5.07. The molecule has 0 spiro atoms. The zero-order valence-electron chi connectivity index (χ0n) is 9.97. The second kappa shape index (κ2) is 6.85. The highest BCUT2D eigenvalue weighted by molar-refractivity contribution is 5.87.